The van der Waals surface area contributed by atoms with Crippen LogP contribution in [0.15, 0.2) is 59.5 Å². The molecule has 170 valence electrons. The number of nitrogens with zero attached hydrogens (tertiary/aromatic N) is 3. The number of aryl methyl sites for hydroxylation is 3. The van der Waals surface area contributed by atoms with Gasteiger partial charge in [0.05, 0.1) is 17.1 Å². The zero-order valence-corrected chi connectivity index (χ0v) is 20.0. The van der Waals surface area contributed by atoms with Crippen LogP contribution in [-0.2, 0) is 21.9 Å². The molecule has 0 fully saturated rings. The molecule has 0 aliphatic heterocycles. The highest BCUT2D eigenvalue weighted by atomic mass is 32.2. The normalized spacial score (nSPS) is 12.4. The van der Waals surface area contributed by atoms with E-state index >= 15 is 0 Å². The van der Waals surface area contributed by atoms with Crippen molar-refractivity contribution >= 4 is 21.6 Å². The maximum absolute atomic E-state index is 13.7. The van der Waals surface area contributed by atoms with E-state index < -0.39 is 10.0 Å². The number of carbonyl (C=O) groups is 1. The topological polar surface area (TPSA) is 84.3 Å². The van der Waals surface area contributed by atoms with Crippen molar-refractivity contribution in [2.45, 2.75) is 38.5 Å². The first kappa shape index (κ1) is 23.5. The van der Waals surface area contributed by atoms with Crippen molar-refractivity contribution in [2.24, 2.45) is 7.05 Å². The predicted octanol–water partition coefficient (Wildman–Crippen LogP) is 3.46. The van der Waals surface area contributed by atoms with Crippen LogP contribution in [0, 0.1) is 20.8 Å². The molecular weight excluding hydrogens is 424 g/mol. The lowest BCUT2D eigenvalue weighted by Crippen LogP contribution is -2.42. The quantitative estimate of drug-likeness (QED) is 0.565. The largest absolute Gasteiger partial charge is 0.354 e. The Morgan fingerprint density at radius 1 is 1.06 bits per heavy atom. The van der Waals surface area contributed by atoms with Gasteiger partial charge < -0.3 is 5.32 Å². The first-order valence-corrected chi connectivity index (χ1v) is 12.0. The minimum absolute atomic E-state index is 0.104. The summed E-state index contributed by atoms with van der Waals surface area (Å²) < 4.78 is 30.0. The van der Waals surface area contributed by atoms with Gasteiger partial charge in [0.2, 0.25) is 5.91 Å². The molecule has 0 radical (unpaired) electrons. The lowest BCUT2D eigenvalue weighted by molar-refractivity contribution is -0.119. The maximum Gasteiger partial charge on any atom is 0.268 e. The van der Waals surface area contributed by atoms with Crippen molar-refractivity contribution < 1.29 is 13.2 Å². The summed E-state index contributed by atoms with van der Waals surface area (Å²) in [6.45, 7) is 7.41. The Kier molecular flexibility index (Phi) is 7.03. The molecule has 0 bridgehead atoms. The number of hydrogen-bond donors (Lipinski definition) is 1. The van der Waals surface area contributed by atoms with Gasteiger partial charge in [-0.25, -0.2) is 8.42 Å². The molecule has 0 aliphatic rings. The lowest BCUT2D eigenvalue weighted by atomic mass is 10.0. The molecule has 0 unspecified atom stereocenters. The SMILES string of the molecule is Cc1ccc(N(CC(=O)NC[C@H](C)c2ccccc2)S(=O)(=O)c2c(C)nn(C)c2C)cc1. The molecule has 3 aromatic rings. The molecule has 1 amide bonds. The van der Waals surface area contributed by atoms with Crippen molar-refractivity contribution in [3.8, 4) is 0 Å². The van der Waals surface area contributed by atoms with E-state index in [1.807, 2.05) is 56.3 Å². The number of sulfonamides is 1. The van der Waals surface area contributed by atoms with Gasteiger partial charge in [0, 0.05) is 13.6 Å². The first-order valence-electron chi connectivity index (χ1n) is 10.5. The first-order chi connectivity index (χ1) is 15.1. The molecule has 1 atom stereocenters. The van der Waals surface area contributed by atoms with Crippen molar-refractivity contribution in [3.05, 3.63) is 77.1 Å². The van der Waals surface area contributed by atoms with Crippen LogP contribution in [-0.4, -0.2) is 37.2 Å². The third-order valence-corrected chi connectivity index (χ3v) is 7.60. The van der Waals surface area contributed by atoms with Crippen LogP contribution in [0.1, 0.15) is 35.4 Å². The van der Waals surface area contributed by atoms with E-state index in [2.05, 4.69) is 10.4 Å². The average Bonchev–Trinajstić information content (AvgIpc) is 3.03. The Balaban J connectivity index is 1.87. The molecule has 32 heavy (non-hydrogen) atoms. The number of anilines is 1. The second kappa shape index (κ2) is 9.56. The number of hydrogen-bond acceptors (Lipinski definition) is 4. The van der Waals surface area contributed by atoms with Gasteiger partial charge in [-0.05, 0) is 44.4 Å². The Morgan fingerprint density at radius 2 is 1.69 bits per heavy atom. The highest BCUT2D eigenvalue weighted by Gasteiger charge is 2.32. The van der Waals surface area contributed by atoms with E-state index in [0.717, 1.165) is 15.4 Å². The fraction of sp³-hybridized carbons (Fsp3) is 0.333. The zero-order valence-electron chi connectivity index (χ0n) is 19.2. The van der Waals surface area contributed by atoms with Crippen LogP contribution in [0.3, 0.4) is 0 Å². The molecule has 0 spiro atoms. The fourth-order valence-corrected chi connectivity index (χ4v) is 5.44. The fourth-order valence-electron chi connectivity index (χ4n) is 3.62. The number of benzene rings is 2. The molecule has 8 heteroatoms. The van der Waals surface area contributed by atoms with Crippen molar-refractivity contribution in [3.63, 3.8) is 0 Å². The summed E-state index contributed by atoms with van der Waals surface area (Å²) in [5, 5.41) is 7.13. The number of rotatable bonds is 8. The minimum atomic E-state index is -4.00. The zero-order chi connectivity index (χ0) is 23.5. The Labute approximate surface area is 190 Å². The highest BCUT2D eigenvalue weighted by Crippen LogP contribution is 2.28. The van der Waals surface area contributed by atoms with Gasteiger partial charge in [-0.15, -0.1) is 0 Å². The lowest BCUT2D eigenvalue weighted by Gasteiger charge is -2.25. The third kappa shape index (κ3) is 5.02. The van der Waals surface area contributed by atoms with Gasteiger partial charge in [0.1, 0.15) is 11.4 Å². The van der Waals surface area contributed by atoms with E-state index in [1.165, 1.54) is 4.68 Å². The Morgan fingerprint density at radius 3 is 2.25 bits per heavy atom. The van der Waals surface area contributed by atoms with Crippen molar-refractivity contribution in [1.82, 2.24) is 15.1 Å². The van der Waals surface area contributed by atoms with Gasteiger partial charge in [-0.3, -0.25) is 13.8 Å². The number of nitrogens with one attached hydrogen (secondary N) is 1. The molecule has 3 rings (SSSR count). The van der Waals surface area contributed by atoms with E-state index in [9.17, 15) is 13.2 Å². The monoisotopic (exact) mass is 454 g/mol. The maximum atomic E-state index is 13.7. The number of amides is 1. The Bertz CT molecular complexity index is 1190. The molecule has 0 aliphatic carbocycles. The smallest absolute Gasteiger partial charge is 0.268 e. The van der Waals surface area contributed by atoms with E-state index in [1.54, 1.807) is 33.0 Å². The summed E-state index contributed by atoms with van der Waals surface area (Å²) in [7, 11) is -2.30. The molecule has 0 saturated heterocycles. The summed E-state index contributed by atoms with van der Waals surface area (Å²) in [6, 6.07) is 17.0. The Hall–Kier alpha value is -3.13. The van der Waals surface area contributed by atoms with Crippen LogP contribution in [0.5, 0.6) is 0 Å². The third-order valence-electron chi connectivity index (χ3n) is 5.57. The second-order valence-corrected chi connectivity index (χ2v) is 9.89. The summed E-state index contributed by atoms with van der Waals surface area (Å²) in [6.07, 6.45) is 0. The number of carbonyl (C=O) groups excluding carboxylic acids is 1. The van der Waals surface area contributed by atoms with Gasteiger partial charge in [0.15, 0.2) is 0 Å². The summed E-state index contributed by atoms with van der Waals surface area (Å²) in [5.74, 6) is -0.261. The van der Waals surface area contributed by atoms with Gasteiger partial charge >= 0.3 is 0 Å². The van der Waals surface area contributed by atoms with Crippen molar-refractivity contribution in [1.29, 1.82) is 0 Å². The average molecular weight is 455 g/mol. The van der Waals surface area contributed by atoms with Crippen LogP contribution in [0.2, 0.25) is 0 Å². The van der Waals surface area contributed by atoms with E-state index in [0.29, 0.717) is 23.6 Å². The summed E-state index contributed by atoms with van der Waals surface area (Å²) >= 11 is 0. The summed E-state index contributed by atoms with van der Waals surface area (Å²) in [4.78, 5) is 13.0. The molecule has 1 aromatic heterocycles. The minimum Gasteiger partial charge on any atom is -0.354 e. The standard InChI is InChI=1S/C24H30N4O3S/c1-17-11-13-22(14-12-17)28(32(30,31)24-19(3)26-27(5)20(24)4)16-23(29)25-15-18(2)21-9-7-6-8-10-21/h6-14,18H,15-16H2,1-5H3,(H,25,29)/t18-/m0/s1. The van der Waals surface area contributed by atoms with E-state index in [4.69, 9.17) is 0 Å². The molecule has 0 saturated carbocycles. The van der Waals surface area contributed by atoms with E-state index in [-0.39, 0.29) is 23.3 Å². The second-order valence-electron chi connectivity index (χ2n) is 8.09. The predicted molar refractivity (Wildman–Crippen MR) is 126 cm³/mol. The highest BCUT2D eigenvalue weighted by molar-refractivity contribution is 7.93. The molecule has 2 aromatic carbocycles. The molecule has 1 heterocycles. The van der Waals surface area contributed by atoms with Gasteiger partial charge in [0.25, 0.3) is 10.0 Å². The van der Waals surface area contributed by atoms with Crippen LogP contribution in [0.4, 0.5) is 5.69 Å². The van der Waals surface area contributed by atoms with Crippen molar-refractivity contribution in [2.75, 3.05) is 17.4 Å². The van der Waals surface area contributed by atoms with Crippen LogP contribution in [0.25, 0.3) is 0 Å². The molecular formula is C24H30N4O3S. The molecule has 1 N–H and O–H groups in total. The summed E-state index contributed by atoms with van der Waals surface area (Å²) in [5.41, 5.74) is 3.47. The van der Waals surface area contributed by atoms with Gasteiger partial charge in [-0.1, -0.05) is 55.0 Å². The molecule has 7 nitrogen and oxygen atoms in total. The van der Waals surface area contributed by atoms with Crippen LogP contribution < -0.4 is 9.62 Å². The number of aromatic nitrogens is 2. The van der Waals surface area contributed by atoms with Crippen LogP contribution >= 0.6 is 0 Å². The van der Waals surface area contributed by atoms with Gasteiger partial charge in [-0.2, -0.15) is 5.10 Å².